The van der Waals surface area contributed by atoms with Gasteiger partial charge in [0.15, 0.2) is 5.13 Å². The highest BCUT2D eigenvalue weighted by atomic mass is 32.1. The molecule has 106 valence electrons. The molecule has 2 fully saturated rings. The van der Waals surface area contributed by atoms with E-state index in [1.165, 1.54) is 42.4 Å². The van der Waals surface area contributed by atoms with E-state index in [1.54, 1.807) is 0 Å². The highest BCUT2D eigenvalue weighted by Crippen LogP contribution is 2.33. The quantitative estimate of drug-likeness (QED) is 0.914. The summed E-state index contributed by atoms with van der Waals surface area (Å²) in [5.74, 6) is 0.837. The minimum Gasteiger partial charge on any atom is -0.348 e. The van der Waals surface area contributed by atoms with E-state index in [-0.39, 0.29) is 0 Å². The lowest BCUT2D eigenvalue weighted by molar-refractivity contribution is 0.102. The Bertz CT molecular complexity index is 419. The van der Waals surface area contributed by atoms with Crippen molar-refractivity contribution in [2.24, 2.45) is 5.92 Å². The summed E-state index contributed by atoms with van der Waals surface area (Å²) in [6.45, 7) is 4.57. The normalized spacial score (nSPS) is 28.4. The number of rotatable bonds is 3. The summed E-state index contributed by atoms with van der Waals surface area (Å²) >= 11 is 1.84. The summed E-state index contributed by atoms with van der Waals surface area (Å²) in [5, 5.41) is 4.42. The predicted octanol–water partition coefficient (Wildman–Crippen LogP) is 1.78. The van der Waals surface area contributed by atoms with Crippen LogP contribution in [-0.4, -0.2) is 49.7 Å². The van der Waals surface area contributed by atoms with Gasteiger partial charge in [0.2, 0.25) is 0 Å². The lowest BCUT2D eigenvalue weighted by Gasteiger charge is -2.45. The fourth-order valence-electron chi connectivity index (χ4n) is 3.53. The van der Waals surface area contributed by atoms with Crippen LogP contribution in [0.15, 0.2) is 6.20 Å². The van der Waals surface area contributed by atoms with Crippen molar-refractivity contribution in [2.45, 2.75) is 31.8 Å². The maximum Gasteiger partial charge on any atom is 0.185 e. The van der Waals surface area contributed by atoms with Gasteiger partial charge in [-0.05, 0) is 45.8 Å². The number of fused-ring (bicyclic) bond motifs is 1. The third kappa shape index (κ3) is 2.78. The molecule has 3 rings (SSSR count). The Morgan fingerprint density at radius 2 is 2.32 bits per heavy atom. The van der Waals surface area contributed by atoms with Crippen LogP contribution in [-0.2, 0) is 6.54 Å². The van der Waals surface area contributed by atoms with Crippen LogP contribution in [0.5, 0.6) is 0 Å². The van der Waals surface area contributed by atoms with Crippen LogP contribution in [0, 0.1) is 5.92 Å². The summed E-state index contributed by atoms with van der Waals surface area (Å²) < 4.78 is 0. The van der Waals surface area contributed by atoms with E-state index in [0.29, 0.717) is 0 Å². The van der Waals surface area contributed by atoms with Crippen molar-refractivity contribution in [3.63, 3.8) is 0 Å². The van der Waals surface area contributed by atoms with Gasteiger partial charge in [0.1, 0.15) is 0 Å². The summed E-state index contributed by atoms with van der Waals surface area (Å²) in [5.41, 5.74) is 0. The molecule has 5 heteroatoms. The second-order valence-electron chi connectivity index (χ2n) is 5.82. The van der Waals surface area contributed by atoms with Gasteiger partial charge in [-0.15, -0.1) is 11.3 Å². The van der Waals surface area contributed by atoms with Crippen LogP contribution in [0.2, 0.25) is 0 Å². The highest BCUT2D eigenvalue weighted by Gasteiger charge is 2.34. The Balaban J connectivity index is 1.66. The molecule has 1 N–H and O–H groups in total. The Morgan fingerprint density at radius 1 is 1.42 bits per heavy atom. The molecule has 4 nitrogen and oxygen atoms in total. The van der Waals surface area contributed by atoms with Gasteiger partial charge in [-0.3, -0.25) is 0 Å². The third-order valence-electron chi connectivity index (χ3n) is 4.51. The Labute approximate surface area is 119 Å². The van der Waals surface area contributed by atoms with Crippen molar-refractivity contribution in [1.82, 2.24) is 15.2 Å². The largest absolute Gasteiger partial charge is 0.348 e. The van der Waals surface area contributed by atoms with Gasteiger partial charge in [-0.2, -0.15) is 0 Å². The van der Waals surface area contributed by atoms with Gasteiger partial charge >= 0.3 is 0 Å². The summed E-state index contributed by atoms with van der Waals surface area (Å²) in [4.78, 5) is 11.0. The van der Waals surface area contributed by atoms with Crippen molar-refractivity contribution >= 4 is 16.5 Å². The zero-order valence-electron chi connectivity index (χ0n) is 11.9. The number of anilines is 1. The summed E-state index contributed by atoms with van der Waals surface area (Å²) in [6, 6.07) is 0.807. The Kier molecular flexibility index (Phi) is 4.05. The minimum absolute atomic E-state index is 0.807. The van der Waals surface area contributed by atoms with E-state index in [9.17, 15) is 0 Å². The average molecular weight is 280 g/mol. The molecule has 0 amide bonds. The van der Waals surface area contributed by atoms with E-state index < -0.39 is 0 Å². The molecule has 0 spiro atoms. The van der Waals surface area contributed by atoms with Crippen LogP contribution >= 0.6 is 11.3 Å². The molecular formula is C14H24N4S. The highest BCUT2D eigenvalue weighted by molar-refractivity contribution is 7.15. The zero-order chi connectivity index (χ0) is 13.2. The molecule has 1 aromatic rings. The van der Waals surface area contributed by atoms with E-state index in [4.69, 9.17) is 0 Å². The van der Waals surface area contributed by atoms with Gasteiger partial charge in [-0.25, -0.2) is 4.98 Å². The molecule has 2 aliphatic rings. The van der Waals surface area contributed by atoms with E-state index in [2.05, 4.69) is 27.1 Å². The van der Waals surface area contributed by atoms with Crippen LogP contribution in [0.4, 0.5) is 5.13 Å². The van der Waals surface area contributed by atoms with Crippen molar-refractivity contribution in [3.8, 4) is 0 Å². The molecule has 0 saturated carbocycles. The number of hydrogen-bond acceptors (Lipinski definition) is 5. The molecule has 2 atom stereocenters. The molecule has 3 heterocycles. The van der Waals surface area contributed by atoms with Gasteiger partial charge in [-0.1, -0.05) is 0 Å². The van der Waals surface area contributed by atoms with Crippen molar-refractivity contribution < 1.29 is 0 Å². The fourth-order valence-corrected chi connectivity index (χ4v) is 4.48. The fraction of sp³-hybridized carbons (Fsp3) is 0.786. The zero-order valence-corrected chi connectivity index (χ0v) is 12.7. The lowest BCUT2D eigenvalue weighted by Crippen LogP contribution is -2.52. The van der Waals surface area contributed by atoms with E-state index in [1.807, 2.05) is 24.6 Å². The molecule has 1 aromatic heterocycles. The second kappa shape index (κ2) is 5.77. The van der Waals surface area contributed by atoms with Crippen LogP contribution in [0.1, 0.15) is 24.1 Å². The first-order valence-corrected chi connectivity index (χ1v) is 8.14. The smallest absolute Gasteiger partial charge is 0.185 e. The molecule has 2 saturated heterocycles. The van der Waals surface area contributed by atoms with E-state index >= 15 is 0 Å². The Morgan fingerprint density at radius 3 is 3.16 bits per heavy atom. The molecule has 2 aliphatic heterocycles. The standard InChI is InChI=1S/C14H24N4S/c1-15-8-12-9-16-14(19-12)18-7-5-13-11(10-18)4-3-6-17(13)2/h9,11,13,15H,3-8,10H2,1-2H3. The average Bonchev–Trinajstić information content (AvgIpc) is 2.88. The number of likely N-dealkylation sites (tertiary alicyclic amines) is 1. The first-order chi connectivity index (χ1) is 9.28. The number of piperidine rings is 2. The van der Waals surface area contributed by atoms with Gasteiger partial charge in [0, 0.05) is 36.8 Å². The molecule has 2 unspecified atom stereocenters. The third-order valence-corrected chi connectivity index (χ3v) is 5.57. The molecule has 0 radical (unpaired) electrons. The number of aromatic nitrogens is 1. The first-order valence-electron chi connectivity index (χ1n) is 7.32. The number of thiazole rings is 1. The second-order valence-corrected chi connectivity index (χ2v) is 6.92. The van der Waals surface area contributed by atoms with Crippen LogP contribution < -0.4 is 10.2 Å². The lowest BCUT2D eigenvalue weighted by atomic mass is 9.84. The van der Waals surface area contributed by atoms with Gasteiger partial charge < -0.3 is 15.1 Å². The monoisotopic (exact) mass is 280 g/mol. The number of nitrogens with zero attached hydrogens (tertiary/aromatic N) is 3. The molecule has 19 heavy (non-hydrogen) atoms. The molecule has 0 bridgehead atoms. The van der Waals surface area contributed by atoms with Crippen molar-refractivity contribution in [1.29, 1.82) is 0 Å². The maximum atomic E-state index is 4.61. The maximum absolute atomic E-state index is 4.61. The topological polar surface area (TPSA) is 31.4 Å². The van der Waals surface area contributed by atoms with Crippen LogP contribution in [0.3, 0.4) is 0 Å². The molecule has 0 aromatic carbocycles. The summed E-state index contributed by atoms with van der Waals surface area (Å²) in [6.07, 6.45) is 6.06. The SMILES string of the molecule is CNCc1cnc(N2CCC3C(CCCN3C)C2)s1. The molecular weight excluding hydrogens is 256 g/mol. The minimum atomic E-state index is 0.807. The Hall–Kier alpha value is -0.650. The van der Waals surface area contributed by atoms with Crippen LogP contribution in [0.25, 0.3) is 0 Å². The van der Waals surface area contributed by atoms with Gasteiger partial charge in [0.05, 0.1) is 0 Å². The number of nitrogens with one attached hydrogen (secondary N) is 1. The van der Waals surface area contributed by atoms with Crippen molar-refractivity contribution in [3.05, 3.63) is 11.1 Å². The first kappa shape index (κ1) is 13.3. The number of hydrogen-bond donors (Lipinski definition) is 1. The molecule has 0 aliphatic carbocycles. The van der Waals surface area contributed by atoms with Crippen molar-refractivity contribution in [2.75, 3.05) is 38.6 Å². The van der Waals surface area contributed by atoms with Gasteiger partial charge in [0.25, 0.3) is 0 Å². The van der Waals surface area contributed by atoms with E-state index in [0.717, 1.165) is 25.0 Å². The predicted molar refractivity (Wildman–Crippen MR) is 80.8 cm³/mol. The summed E-state index contributed by atoms with van der Waals surface area (Å²) in [7, 11) is 4.28.